The summed E-state index contributed by atoms with van der Waals surface area (Å²) in [5.74, 6) is -2.09. The number of anilines is 1. The molecule has 180 valence electrons. The number of nitrogens with zero attached hydrogens (tertiary/aromatic N) is 1. The lowest BCUT2D eigenvalue weighted by Gasteiger charge is -2.30. The van der Waals surface area contributed by atoms with Gasteiger partial charge in [0, 0.05) is 4.90 Å². The number of alkyl halides is 3. The predicted molar refractivity (Wildman–Crippen MR) is 120 cm³/mol. The summed E-state index contributed by atoms with van der Waals surface area (Å²) in [6.07, 6.45) is 0. The van der Waals surface area contributed by atoms with Crippen LogP contribution in [-0.4, -0.2) is 27.6 Å². The lowest BCUT2D eigenvalue weighted by atomic mass is 9.95. The highest BCUT2D eigenvalue weighted by molar-refractivity contribution is 7.86. The molecule has 4 amide bonds. The molecule has 0 aliphatic carbocycles. The molecule has 0 radical (unpaired) electrons. The number of carbonyl (C=O) groups is 3. The molecule has 0 aromatic heterocycles. The number of carbonyl (C=O) groups excluding carboxylic acids is 3. The Kier molecular flexibility index (Phi) is 6.44. The number of hydrogen-bond acceptors (Lipinski definition) is 5. The molecule has 0 spiro atoms. The number of benzene rings is 3. The Balaban J connectivity index is 1.56. The lowest BCUT2D eigenvalue weighted by Crippen LogP contribution is -2.57. The van der Waals surface area contributed by atoms with Crippen LogP contribution in [0.3, 0.4) is 0 Å². The van der Waals surface area contributed by atoms with E-state index in [4.69, 9.17) is 4.74 Å². The molecule has 0 saturated carbocycles. The average molecular weight is 502 g/mol. The number of halogens is 3. The fourth-order valence-electron chi connectivity index (χ4n) is 3.54. The highest BCUT2D eigenvalue weighted by Gasteiger charge is 2.42. The van der Waals surface area contributed by atoms with Crippen molar-refractivity contribution < 1.29 is 36.5 Å². The minimum atomic E-state index is -4.86. The third-order valence-corrected chi connectivity index (χ3v) is 6.31. The minimum absolute atomic E-state index is 0.199. The fourth-order valence-corrected chi connectivity index (χ4v) is 4.19. The van der Waals surface area contributed by atoms with Gasteiger partial charge in [-0.25, -0.2) is 13.9 Å². The molecule has 1 aliphatic rings. The van der Waals surface area contributed by atoms with Crippen molar-refractivity contribution in [2.24, 2.45) is 0 Å². The van der Waals surface area contributed by atoms with Crippen LogP contribution in [-0.2, 0) is 20.4 Å². The zero-order chi connectivity index (χ0) is 25.3. The van der Waals surface area contributed by atoms with E-state index in [0.29, 0.717) is 16.9 Å². The monoisotopic (exact) mass is 502 g/mol. The Labute approximate surface area is 200 Å². The van der Waals surface area contributed by atoms with Crippen LogP contribution in [0.15, 0.2) is 77.7 Å². The van der Waals surface area contributed by atoms with Crippen molar-refractivity contribution in [2.45, 2.75) is 23.2 Å². The molecule has 2 atom stereocenters. The van der Waals surface area contributed by atoms with E-state index in [0.717, 1.165) is 17.0 Å². The number of nitrogens with one attached hydrogen (secondary N) is 1. The molecule has 1 aliphatic heterocycles. The third kappa shape index (κ3) is 4.94. The number of rotatable bonds is 5. The van der Waals surface area contributed by atoms with Crippen LogP contribution in [0.5, 0.6) is 11.5 Å². The van der Waals surface area contributed by atoms with Gasteiger partial charge < -0.3 is 4.74 Å². The van der Waals surface area contributed by atoms with Gasteiger partial charge in [0.25, 0.3) is 5.91 Å². The van der Waals surface area contributed by atoms with Crippen LogP contribution >= 0.6 is 0 Å². The molecule has 35 heavy (non-hydrogen) atoms. The number of amides is 4. The summed E-state index contributed by atoms with van der Waals surface area (Å²) >= 11 is 0. The molecule has 1 saturated heterocycles. The Morgan fingerprint density at radius 3 is 2.20 bits per heavy atom. The van der Waals surface area contributed by atoms with Crippen molar-refractivity contribution in [3.8, 4) is 11.5 Å². The van der Waals surface area contributed by atoms with Gasteiger partial charge in [-0.3, -0.25) is 14.9 Å². The minimum Gasteiger partial charge on any atom is -0.457 e. The topological polar surface area (TPSA) is 92.8 Å². The summed E-state index contributed by atoms with van der Waals surface area (Å²) in [5, 5.41) is 2.20. The van der Waals surface area contributed by atoms with Gasteiger partial charge in [0.2, 0.25) is 5.91 Å². The maximum absolute atomic E-state index is 13.1. The highest BCUT2D eigenvalue weighted by Crippen LogP contribution is 2.33. The van der Waals surface area contributed by atoms with E-state index in [-0.39, 0.29) is 11.4 Å². The molecule has 4 rings (SSSR count). The van der Waals surface area contributed by atoms with Crippen LogP contribution in [0.2, 0.25) is 0 Å². The molecule has 1 fully saturated rings. The zero-order valence-corrected chi connectivity index (χ0v) is 18.9. The first-order valence-electron chi connectivity index (χ1n) is 10.2. The van der Waals surface area contributed by atoms with Crippen LogP contribution < -0.4 is 15.0 Å². The van der Waals surface area contributed by atoms with Gasteiger partial charge in [0.15, 0.2) is 10.8 Å². The first-order chi connectivity index (χ1) is 16.6. The van der Waals surface area contributed by atoms with Gasteiger partial charge in [0.05, 0.1) is 5.69 Å². The fraction of sp³-hybridized carbons (Fsp3) is 0.125. The van der Waals surface area contributed by atoms with Crippen molar-refractivity contribution >= 4 is 34.3 Å². The van der Waals surface area contributed by atoms with Crippen LogP contribution in [0.25, 0.3) is 0 Å². The first kappa shape index (κ1) is 24.1. The van der Waals surface area contributed by atoms with Crippen LogP contribution in [0.4, 0.5) is 23.7 Å². The van der Waals surface area contributed by atoms with Crippen molar-refractivity contribution in [1.29, 1.82) is 0 Å². The van der Waals surface area contributed by atoms with Crippen molar-refractivity contribution in [3.05, 3.63) is 83.9 Å². The number of urea groups is 1. The molecule has 1 heterocycles. The van der Waals surface area contributed by atoms with Crippen molar-refractivity contribution in [3.63, 3.8) is 0 Å². The number of barbiturate groups is 1. The highest BCUT2D eigenvalue weighted by atomic mass is 32.2. The molecule has 0 bridgehead atoms. The number of hydrogen-bond donors (Lipinski definition) is 1. The smallest absolute Gasteiger partial charge is 0.457 e. The van der Waals surface area contributed by atoms with Gasteiger partial charge in [-0.2, -0.15) is 13.2 Å². The van der Waals surface area contributed by atoms with E-state index in [1.807, 2.05) is 0 Å². The van der Waals surface area contributed by atoms with E-state index in [9.17, 15) is 31.8 Å². The quantitative estimate of drug-likeness (QED) is 0.507. The van der Waals surface area contributed by atoms with Gasteiger partial charge in [-0.05, 0) is 60.5 Å². The van der Waals surface area contributed by atoms with Gasteiger partial charge in [-0.1, -0.05) is 30.3 Å². The Hall–Kier alpha value is -3.99. The molecular formula is C24H17F3N2O5S. The lowest BCUT2D eigenvalue weighted by molar-refractivity contribution is -0.130. The molecule has 2 unspecified atom stereocenters. The zero-order valence-electron chi connectivity index (χ0n) is 18.0. The maximum atomic E-state index is 13.1. The van der Waals surface area contributed by atoms with Gasteiger partial charge in [0.1, 0.15) is 17.4 Å². The van der Waals surface area contributed by atoms with Crippen molar-refractivity contribution in [1.82, 2.24) is 5.32 Å². The van der Waals surface area contributed by atoms with E-state index in [2.05, 4.69) is 5.32 Å². The second kappa shape index (κ2) is 9.34. The van der Waals surface area contributed by atoms with Crippen LogP contribution in [0, 0.1) is 6.92 Å². The summed E-state index contributed by atoms with van der Waals surface area (Å²) in [7, 11) is -3.15. The average Bonchev–Trinajstić information content (AvgIpc) is 2.80. The molecule has 7 nitrogen and oxygen atoms in total. The summed E-state index contributed by atoms with van der Waals surface area (Å²) in [6.45, 7) is 1.65. The van der Waals surface area contributed by atoms with E-state index in [1.165, 1.54) is 30.3 Å². The largest absolute Gasteiger partial charge is 0.475 e. The molecule has 3 aromatic rings. The molecular weight excluding hydrogens is 485 g/mol. The third-order valence-electron chi connectivity index (χ3n) is 5.19. The second-order valence-electron chi connectivity index (χ2n) is 7.55. The van der Waals surface area contributed by atoms with Crippen LogP contribution in [0.1, 0.15) is 17.0 Å². The van der Waals surface area contributed by atoms with E-state index in [1.54, 1.807) is 37.3 Å². The Morgan fingerprint density at radius 1 is 0.943 bits per heavy atom. The Bertz CT molecular complexity index is 1330. The number of imide groups is 2. The van der Waals surface area contributed by atoms with Gasteiger partial charge >= 0.3 is 11.5 Å². The summed E-state index contributed by atoms with van der Waals surface area (Å²) < 4.78 is 55.0. The summed E-state index contributed by atoms with van der Waals surface area (Å²) in [6, 6.07) is 16.5. The standard InChI is InChI=1S/C24H17F3N2O5S/c1-14-13-16(29-22(31)20(21(30)28-23(29)32)15-5-3-2-4-6-15)7-12-19(14)34-17-8-10-18(11-9-17)35(33)24(25,26)27/h2-13,20H,1H3,(H,28,30,32). The SMILES string of the molecule is Cc1cc(N2C(=O)NC(=O)C(c3ccccc3)C2=O)ccc1Oc1ccc(S(=O)C(F)(F)F)cc1. The van der Waals surface area contributed by atoms with E-state index >= 15 is 0 Å². The summed E-state index contributed by atoms with van der Waals surface area (Å²) in [5.41, 5.74) is -3.70. The maximum Gasteiger partial charge on any atom is 0.475 e. The molecule has 3 aromatic carbocycles. The first-order valence-corrected chi connectivity index (χ1v) is 11.3. The second-order valence-corrected chi connectivity index (χ2v) is 9.02. The van der Waals surface area contributed by atoms with E-state index < -0.39 is 45.0 Å². The normalized spacial score (nSPS) is 17.2. The summed E-state index contributed by atoms with van der Waals surface area (Å²) in [4.78, 5) is 38.4. The molecule has 1 N–H and O–H groups in total. The van der Waals surface area contributed by atoms with Crippen molar-refractivity contribution in [2.75, 3.05) is 4.90 Å². The predicted octanol–water partition coefficient (Wildman–Crippen LogP) is 4.78. The molecule has 11 heteroatoms. The van der Waals surface area contributed by atoms with Gasteiger partial charge in [-0.15, -0.1) is 0 Å². The Morgan fingerprint density at radius 2 is 1.60 bits per heavy atom. The number of aryl methyl sites for hydroxylation is 1. The number of ether oxygens (including phenoxy) is 1.